The number of benzene rings is 1. The van der Waals surface area contributed by atoms with Gasteiger partial charge in [-0.3, -0.25) is 14.6 Å². The molecule has 0 saturated heterocycles. The molecule has 2 aliphatic heterocycles. The molecular weight excluding hydrogens is 352 g/mol. The Morgan fingerprint density at radius 2 is 1.67 bits per heavy atom. The minimum Gasteiger partial charge on any atom is -0.394 e. The Morgan fingerprint density at radius 3 is 2.33 bits per heavy atom. The number of aliphatic hydroxyl groups excluding tert-OH is 4. The van der Waals surface area contributed by atoms with Gasteiger partial charge < -0.3 is 25.0 Å². The number of aliphatic hydroxyl groups is 4. The minimum atomic E-state index is -1.59. The number of H-pyrrole nitrogens is 1. The van der Waals surface area contributed by atoms with Crippen molar-refractivity contribution in [1.82, 2.24) is 9.55 Å². The van der Waals surface area contributed by atoms with Crippen molar-refractivity contribution < 1.29 is 20.4 Å². The standard InChI is InChI=1S/C19H22N2O6/c1-9-3-11-5-12-14(6-17(25)20-19(12)27)21(13(11)4-10(9)2)7-15(23)18(26)16(24)8-22/h3-6,15-16,18,22-24,26H,7-8H2,1-2H3,(H,20,25,27)/t15-,16+,18-/m0/s1. The van der Waals surface area contributed by atoms with E-state index in [1.165, 1.54) is 6.07 Å². The summed E-state index contributed by atoms with van der Waals surface area (Å²) >= 11 is 0. The van der Waals surface area contributed by atoms with Crippen LogP contribution in [0.1, 0.15) is 11.1 Å². The maximum absolute atomic E-state index is 12.3. The van der Waals surface area contributed by atoms with Crippen molar-refractivity contribution in [2.45, 2.75) is 38.7 Å². The lowest BCUT2D eigenvalue weighted by molar-refractivity contribution is -0.0802. The van der Waals surface area contributed by atoms with E-state index < -0.39 is 36.0 Å². The average Bonchev–Trinajstić information content (AvgIpc) is 2.62. The Labute approximate surface area is 154 Å². The summed E-state index contributed by atoms with van der Waals surface area (Å²) in [5.41, 5.74) is 2.13. The van der Waals surface area contributed by atoms with Crippen LogP contribution in [0.4, 0.5) is 0 Å². The van der Waals surface area contributed by atoms with Crippen molar-refractivity contribution in [2.75, 3.05) is 6.61 Å². The molecule has 3 rings (SSSR count). The highest BCUT2D eigenvalue weighted by molar-refractivity contribution is 5.87. The number of hydrogen-bond acceptors (Lipinski definition) is 6. The maximum atomic E-state index is 12.3. The molecule has 8 heteroatoms. The average molecular weight is 374 g/mol. The topological polar surface area (TPSA) is 136 Å². The molecule has 3 atom stereocenters. The van der Waals surface area contributed by atoms with Crippen molar-refractivity contribution in [3.63, 3.8) is 0 Å². The van der Waals surface area contributed by atoms with Crippen LogP contribution in [0.15, 0.2) is 33.9 Å². The first-order valence-corrected chi connectivity index (χ1v) is 8.56. The van der Waals surface area contributed by atoms with Gasteiger partial charge in [-0.1, -0.05) is 0 Å². The largest absolute Gasteiger partial charge is 0.394 e. The third kappa shape index (κ3) is 3.52. The van der Waals surface area contributed by atoms with Gasteiger partial charge in [0.15, 0.2) is 0 Å². The van der Waals surface area contributed by atoms with E-state index >= 15 is 0 Å². The quantitative estimate of drug-likeness (QED) is 0.382. The molecule has 0 bridgehead atoms. The number of nitrogens with zero attached hydrogens (tertiary/aromatic N) is 1. The molecule has 27 heavy (non-hydrogen) atoms. The molecule has 0 aliphatic carbocycles. The maximum Gasteiger partial charge on any atom is 0.260 e. The first-order valence-electron chi connectivity index (χ1n) is 8.56. The second-order valence-electron chi connectivity index (χ2n) is 6.82. The summed E-state index contributed by atoms with van der Waals surface area (Å²) < 4.78 is 1.58. The van der Waals surface area contributed by atoms with Crippen LogP contribution < -0.4 is 11.1 Å². The fraction of sp³-hybridized carbons (Fsp3) is 0.368. The van der Waals surface area contributed by atoms with Crippen LogP contribution in [-0.4, -0.2) is 54.9 Å². The summed E-state index contributed by atoms with van der Waals surface area (Å²) in [4.78, 5) is 26.3. The van der Waals surface area contributed by atoms with E-state index in [2.05, 4.69) is 4.98 Å². The summed E-state index contributed by atoms with van der Waals surface area (Å²) in [7, 11) is 0. The predicted molar refractivity (Wildman–Crippen MR) is 100 cm³/mol. The third-order valence-corrected chi connectivity index (χ3v) is 4.89. The molecule has 1 aromatic rings. The number of nitrogens with one attached hydrogen (secondary N) is 1. The Hall–Kier alpha value is -2.52. The Balaban J connectivity index is 2.28. The molecule has 5 N–H and O–H groups in total. The van der Waals surface area contributed by atoms with E-state index in [4.69, 9.17) is 5.11 Å². The van der Waals surface area contributed by atoms with Crippen LogP contribution in [0.3, 0.4) is 0 Å². The van der Waals surface area contributed by atoms with E-state index in [1.807, 2.05) is 26.0 Å². The summed E-state index contributed by atoms with van der Waals surface area (Å²) in [5, 5.41) is 39.7. The molecule has 0 unspecified atom stereocenters. The highest BCUT2D eigenvalue weighted by Crippen LogP contribution is 2.28. The van der Waals surface area contributed by atoms with E-state index in [0.717, 1.165) is 16.5 Å². The van der Waals surface area contributed by atoms with Crippen molar-refractivity contribution in [1.29, 1.82) is 0 Å². The lowest BCUT2D eigenvalue weighted by Gasteiger charge is -2.26. The molecule has 144 valence electrons. The fourth-order valence-electron chi connectivity index (χ4n) is 3.21. The van der Waals surface area contributed by atoms with Crippen molar-refractivity contribution >= 4 is 10.9 Å². The molecule has 0 saturated carbocycles. The Morgan fingerprint density at radius 1 is 1.00 bits per heavy atom. The molecule has 0 fully saturated rings. The van der Waals surface area contributed by atoms with Crippen molar-refractivity contribution in [2.24, 2.45) is 0 Å². The van der Waals surface area contributed by atoms with E-state index in [9.17, 15) is 24.9 Å². The summed E-state index contributed by atoms with van der Waals surface area (Å²) in [6.45, 7) is 2.96. The smallest absolute Gasteiger partial charge is 0.260 e. The van der Waals surface area contributed by atoms with Crippen molar-refractivity contribution in [3.8, 4) is 11.3 Å². The van der Waals surface area contributed by atoms with Gasteiger partial charge in [0.25, 0.3) is 11.1 Å². The molecule has 2 heterocycles. The van der Waals surface area contributed by atoms with Crippen LogP contribution in [0.25, 0.3) is 22.2 Å². The predicted octanol–water partition coefficient (Wildman–Crippen LogP) is -0.514. The number of rotatable bonds is 5. The molecule has 0 amide bonds. The zero-order chi connectivity index (χ0) is 19.9. The van der Waals surface area contributed by atoms with Gasteiger partial charge in [0.2, 0.25) is 0 Å². The van der Waals surface area contributed by atoms with Crippen LogP contribution in [0.2, 0.25) is 0 Å². The molecule has 0 aromatic heterocycles. The molecule has 0 spiro atoms. The van der Waals surface area contributed by atoms with E-state index in [0.29, 0.717) is 11.2 Å². The SMILES string of the molecule is Cc1cc2cc3c(=O)[nH]c(=O)cc-3n(C[C@H](O)[C@H](O)[C@H](O)CO)c2cc1C. The Kier molecular flexibility index (Phi) is 5.16. The zero-order valence-electron chi connectivity index (χ0n) is 15.0. The zero-order valence-corrected chi connectivity index (χ0v) is 15.0. The van der Waals surface area contributed by atoms with Crippen LogP contribution in [-0.2, 0) is 6.54 Å². The van der Waals surface area contributed by atoms with Gasteiger partial charge in [0.05, 0.1) is 24.4 Å². The van der Waals surface area contributed by atoms with E-state index in [-0.39, 0.29) is 12.1 Å². The van der Waals surface area contributed by atoms with Gasteiger partial charge in [-0.15, -0.1) is 0 Å². The normalized spacial score (nSPS) is 15.2. The lowest BCUT2D eigenvalue weighted by atomic mass is 10.0. The lowest BCUT2D eigenvalue weighted by Crippen LogP contribution is -2.42. The molecule has 1 aromatic carbocycles. The van der Waals surface area contributed by atoms with Gasteiger partial charge in [-0.05, 0) is 48.6 Å². The summed E-state index contributed by atoms with van der Waals surface area (Å²) in [6.07, 6.45) is -4.53. The monoisotopic (exact) mass is 374 g/mol. The highest BCUT2D eigenvalue weighted by Gasteiger charge is 2.26. The van der Waals surface area contributed by atoms with Crippen LogP contribution in [0.5, 0.6) is 0 Å². The number of aromatic amines is 1. The number of hydrogen-bond donors (Lipinski definition) is 5. The van der Waals surface area contributed by atoms with Gasteiger partial charge in [-0.25, -0.2) is 0 Å². The molecule has 2 aliphatic rings. The number of aromatic nitrogens is 2. The number of aryl methyl sites for hydroxylation is 2. The number of pyridine rings is 2. The fourth-order valence-corrected chi connectivity index (χ4v) is 3.21. The second kappa shape index (κ2) is 7.24. The van der Waals surface area contributed by atoms with Crippen LogP contribution >= 0.6 is 0 Å². The highest BCUT2D eigenvalue weighted by atomic mass is 16.4. The molecular formula is C19H22N2O6. The first-order chi connectivity index (χ1) is 12.7. The molecule has 8 nitrogen and oxygen atoms in total. The van der Waals surface area contributed by atoms with Gasteiger partial charge in [0, 0.05) is 11.6 Å². The summed E-state index contributed by atoms with van der Waals surface area (Å²) in [6, 6.07) is 6.71. The number of fused-ring (bicyclic) bond motifs is 2. The van der Waals surface area contributed by atoms with Crippen molar-refractivity contribution in [3.05, 3.63) is 56.1 Å². The van der Waals surface area contributed by atoms with E-state index in [1.54, 1.807) is 10.6 Å². The Bertz CT molecular complexity index is 1070. The second-order valence-corrected chi connectivity index (χ2v) is 6.82. The molecule has 0 radical (unpaired) electrons. The third-order valence-electron chi connectivity index (χ3n) is 4.89. The van der Waals surface area contributed by atoms with Gasteiger partial charge in [-0.2, -0.15) is 0 Å². The van der Waals surface area contributed by atoms with Crippen LogP contribution in [0, 0.1) is 13.8 Å². The minimum absolute atomic E-state index is 0.183. The summed E-state index contributed by atoms with van der Waals surface area (Å²) in [5.74, 6) is 0. The van der Waals surface area contributed by atoms with Gasteiger partial charge in [0.1, 0.15) is 18.3 Å². The first kappa shape index (κ1) is 19.2. The van der Waals surface area contributed by atoms with Gasteiger partial charge >= 0.3 is 0 Å².